The molecule has 3 rings (SSSR count). The van der Waals surface area contributed by atoms with Gasteiger partial charge in [-0.15, -0.1) is 0 Å². The number of amides is 1. The van der Waals surface area contributed by atoms with E-state index in [1.54, 1.807) is 39.8 Å². The van der Waals surface area contributed by atoms with Gasteiger partial charge in [-0.05, 0) is 44.5 Å². The molecular weight excluding hydrogens is 530 g/mol. The number of rotatable bonds is 15. The Morgan fingerprint density at radius 2 is 1.85 bits per heavy atom. The smallest absolute Gasteiger partial charge is 0.326 e. The van der Waals surface area contributed by atoms with Gasteiger partial charge in [0.15, 0.2) is 16.9 Å². The molecule has 0 bridgehead atoms. The number of H-pyrrole nitrogens is 1. The molecule has 0 spiro atoms. The fourth-order valence-corrected chi connectivity index (χ4v) is 3.86. The predicted molar refractivity (Wildman–Crippen MR) is 154 cm³/mol. The molecule has 14 heteroatoms. The highest BCUT2D eigenvalue weighted by Crippen LogP contribution is 2.14. The molecule has 1 amide bonds. The largest absolute Gasteiger partial charge is 0.480 e. The van der Waals surface area contributed by atoms with E-state index in [9.17, 15) is 24.3 Å². The van der Waals surface area contributed by atoms with Crippen molar-refractivity contribution in [3.63, 3.8) is 0 Å². The Morgan fingerprint density at radius 3 is 2.51 bits per heavy atom. The molecule has 0 unspecified atom stereocenters. The average molecular weight is 569 g/mol. The van der Waals surface area contributed by atoms with E-state index in [1.807, 2.05) is 0 Å². The molecule has 0 saturated carbocycles. The van der Waals surface area contributed by atoms with Gasteiger partial charge in [0.1, 0.15) is 6.04 Å². The van der Waals surface area contributed by atoms with Crippen LogP contribution in [0.15, 0.2) is 35.3 Å². The summed E-state index contributed by atoms with van der Waals surface area (Å²) in [6, 6.07) is 4.31. The summed E-state index contributed by atoms with van der Waals surface area (Å²) in [5, 5.41) is 21.4. The SMILES string of the molecule is [2H]C(C)(C)NCCNC(C)(C)C(=O)CC[C@H](NC(=O)c1ccc(NCc2cnc3nc(N)[nH]c(=O)c3n2)cc1)C(=O)O. The second-order valence-corrected chi connectivity index (χ2v) is 10.2. The first-order chi connectivity index (χ1) is 19.6. The van der Waals surface area contributed by atoms with Gasteiger partial charge < -0.3 is 32.1 Å². The quantitative estimate of drug-likeness (QED) is 0.127. The maximum absolute atomic E-state index is 12.8. The third-order valence-electron chi connectivity index (χ3n) is 6.24. The summed E-state index contributed by atoms with van der Waals surface area (Å²) < 4.78 is 7.80. The van der Waals surface area contributed by atoms with E-state index >= 15 is 0 Å². The fourth-order valence-electron chi connectivity index (χ4n) is 3.86. The van der Waals surface area contributed by atoms with Crippen molar-refractivity contribution in [1.82, 2.24) is 35.9 Å². The number of nitrogen functional groups attached to an aromatic ring is 1. The Labute approximate surface area is 238 Å². The lowest BCUT2D eigenvalue weighted by molar-refractivity contribution is -0.139. The molecule has 220 valence electrons. The second kappa shape index (κ2) is 13.8. The van der Waals surface area contributed by atoms with Gasteiger partial charge in [0.25, 0.3) is 11.5 Å². The number of hydrogen-bond acceptors (Lipinski definition) is 11. The van der Waals surface area contributed by atoms with Crippen molar-refractivity contribution in [2.75, 3.05) is 24.1 Å². The molecule has 8 N–H and O–H groups in total. The van der Waals surface area contributed by atoms with Crippen molar-refractivity contribution in [3.8, 4) is 0 Å². The molecule has 0 radical (unpaired) electrons. The van der Waals surface area contributed by atoms with Crippen molar-refractivity contribution in [2.24, 2.45) is 0 Å². The van der Waals surface area contributed by atoms with E-state index in [2.05, 4.69) is 41.2 Å². The third-order valence-corrected chi connectivity index (χ3v) is 6.24. The minimum atomic E-state index is -1.25. The number of nitrogens with zero attached hydrogens (tertiary/aromatic N) is 3. The molecule has 3 aromatic rings. The number of ketones is 1. The minimum Gasteiger partial charge on any atom is -0.480 e. The normalized spacial score (nSPS) is 12.9. The zero-order chi connectivity index (χ0) is 31.1. The number of nitrogens with one attached hydrogen (secondary N) is 5. The van der Waals surface area contributed by atoms with E-state index in [1.165, 1.54) is 18.3 Å². The molecule has 0 fully saturated rings. The summed E-state index contributed by atoms with van der Waals surface area (Å²) in [6.07, 6.45) is 1.35. The van der Waals surface area contributed by atoms with Gasteiger partial charge in [-0.3, -0.25) is 19.4 Å². The van der Waals surface area contributed by atoms with Gasteiger partial charge in [0.05, 0.1) is 24.0 Å². The number of carboxylic acids is 1. The van der Waals surface area contributed by atoms with Crippen LogP contribution in [0.25, 0.3) is 11.2 Å². The average Bonchev–Trinajstić information content (AvgIpc) is 2.91. The standard InChI is InChI=1S/C27H37N9O5/c1-15(2)29-11-12-32-27(3,4)20(37)10-9-19(25(40)41)34-23(38)16-5-7-17(8-6-16)30-13-18-14-31-22-21(33-18)24(39)36-26(28)35-22/h5-8,14-15,19,29-30,32H,9-13H2,1-4H3,(H,34,38)(H,40,41)(H3,28,31,35,36,39)/t19-/m0/s1/i15D. The van der Waals surface area contributed by atoms with Crippen LogP contribution in [-0.2, 0) is 16.1 Å². The van der Waals surface area contributed by atoms with Gasteiger partial charge >= 0.3 is 5.97 Å². The minimum absolute atomic E-state index is 0.0496. The number of carbonyl (C=O) groups excluding carboxylic acids is 2. The molecular formula is C27H37N9O5. The molecule has 14 nitrogen and oxygen atoms in total. The summed E-state index contributed by atoms with van der Waals surface area (Å²) in [7, 11) is 0. The van der Waals surface area contributed by atoms with Gasteiger partial charge in [-0.1, -0.05) is 13.8 Å². The Hall–Kier alpha value is -4.43. The molecule has 0 aliphatic heterocycles. The summed E-state index contributed by atoms with van der Waals surface area (Å²) in [6.45, 7) is 8.04. The third kappa shape index (κ3) is 9.05. The van der Waals surface area contributed by atoms with Crippen LogP contribution in [0.2, 0.25) is 0 Å². The van der Waals surface area contributed by atoms with Crippen LogP contribution in [0.3, 0.4) is 0 Å². The Balaban J connectivity index is 1.52. The highest BCUT2D eigenvalue weighted by Gasteiger charge is 2.29. The topological polar surface area (TPSA) is 217 Å². The van der Waals surface area contributed by atoms with E-state index in [0.29, 0.717) is 24.5 Å². The van der Waals surface area contributed by atoms with Crippen LogP contribution in [0, 0.1) is 0 Å². The molecule has 0 saturated heterocycles. The van der Waals surface area contributed by atoms with Crippen molar-refractivity contribution in [3.05, 3.63) is 52.1 Å². The van der Waals surface area contributed by atoms with Crippen molar-refractivity contribution in [2.45, 2.75) is 64.7 Å². The first-order valence-electron chi connectivity index (χ1n) is 13.6. The van der Waals surface area contributed by atoms with E-state index in [0.717, 1.165) is 0 Å². The second-order valence-electron chi connectivity index (χ2n) is 10.2. The molecule has 1 aromatic carbocycles. The zero-order valence-corrected chi connectivity index (χ0v) is 23.5. The van der Waals surface area contributed by atoms with Crippen LogP contribution in [-0.4, -0.2) is 73.4 Å². The highest BCUT2D eigenvalue weighted by molar-refractivity contribution is 5.97. The number of fused-ring (bicyclic) bond motifs is 1. The number of aromatic nitrogens is 4. The van der Waals surface area contributed by atoms with Gasteiger partial charge in [0.2, 0.25) is 5.95 Å². The maximum atomic E-state index is 12.8. The summed E-state index contributed by atoms with van der Waals surface area (Å²) in [5.41, 5.74) is 5.69. The Morgan fingerprint density at radius 1 is 1.15 bits per heavy atom. The Kier molecular flexibility index (Phi) is 9.92. The molecule has 0 aliphatic carbocycles. The number of hydrogen-bond donors (Lipinski definition) is 7. The molecule has 41 heavy (non-hydrogen) atoms. The lowest BCUT2D eigenvalue weighted by atomic mass is 9.93. The van der Waals surface area contributed by atoms with Gasteiger partial charge in [0, 0.05) is 38.1 Å². The lowest BCUT2D eigenvalue weighted by Gasteiger charge is -2.26. The number of carboxylic acid groups (broad SMARTS) is 1. The van der Waals surface area contributed by atoms with E-state index in [-0.39, 0.29) is 47.8 Å². The van der Waals surface area contributed by atoms with Crippen LogP contribution < -0.4 is 32.6 Å². The maximum Gasteiger partial charge on any atom is 0.326 e. The Bertz CT molecular complexity index is 1490. The fraction of sp³-hybridized carbons (Fsp3) is 0.444. The number of Topliss-reactive ketones (excluding diaryl/α,β-unsaturated/α-hetero) is 1. The molecule has 2 heterocycles. The number of aromatic amines is 1. The number of anilines is 2. The number of benzene rings is 1. The van der Waals surface area contributed by atoms with Gasteiger partial charge in [-0.25, -0.2) is 14.8 Å². The number of carbonyl (C=O) groups is 3. The molecule has 0 aliphatic rings. The van der Waals surface area contributed by atoms with Crippen molar-refractivity contribution < 1.29 is 20.9 Å². The number of aliphatic carboxylic acids is 1. The highest BCUT2D eigenvalue weighted by atomic mass is 16.4. The number of nitrogens with two attached hydrogens (primary N) is 1. The summed E-state index contributed by atoms with van der Waals surface area (Å²) in [4.78, 5) is 64.0. The van der Waals surface area contributed by atoms with Crippen LogP contribution >= 0.6 is 0 Å². The lowest BCUT2D eigenvalue weighted by Crippen LogP contribution is -2.50. The van der Waals surface area contributed by atoms with Crippen LogP contribution in [0.5, 0.6) is 0 Å². The van der Waals surface area contributed by atoms with Crippen LogP contribution in [0.4, 0.5) is 11.6 Å². The summed E-state index contributed by atoms with van der Waals surface area (Å²) >= 11 is 0. The van der Waals surface area contributed by atoms with E-state index < -0.39 is 35.0 Å². The van der Waals surface area contributed by atoms with Crippen molar-refractivity contribution in [1.29, 1.82) is 0 Å². The monoisotopic (exact) mass is 568 g/mol. The first-order valence-corrected chi connectivity index (χ1v) is 13.1. The van der Waals surface area contributed by atoms with Crippen molar-refractivity contribution >= 4 is 40.5 Å². The van der Waals surface area contributed by atoms with Crippen LogP contribution in [0.1, 0.15) is 58.0 Å². The van der Waals surface area contributed by atoms with Gasteiger partial charge in [-0.2, -0.15) is 4.98 Å². The predicted octanol–water partition coefficient (Wildman–Crippen LogP) is 0.806. The summed E-state index contributed by atoms with van der Waals surface area (Å²) in [5.74, 6) is -2.07. The molecule has 2 aromatic heterocycles. The van der Waals surface area contributed by atoms with E-state index in [4.69, 9.17) is 7.10 Å². The first kappa shape index (κ1) is 29.6. The zero-order valence-electron chi connectivity index (χ0n) is 24.5. The molecule has 1 atom stereocenters.